The summed E-state index contributed by atoms with van der Waals surface area (Å²) in [6, 6.07) is 2.00. The first kappa shape index (κ1) is 7.92. The van der Waals surface area contributed by atoms with E-state index in [2.05, 4.69) is 15.9 Å². The van der Waals surface area contributed by atoms with Gasteiger partial charge in [-0.05, 0) is 34.5 Å². The summed E-state index contributed by atoms with van der Waals surface area (Å²) in [5.74, 6) is 0.980. The number of hydrogen-bond donors (Lipinski definition) is 1. The summed E-state index contributed by atoms with van der Waals surface area (Å²) in [4.78, 5) is 0. The van der Waals surface area contributed by atoms with Crippen LogP contribution in [-0.4, -0.2) is 6.61 Å². The van der Waals surface area contributed by atoms with Gasteiger partial charge in [-0.1, -0.05) is 0 Å². The molecule has 3 heteroatoms. The van der Waals surface area contributed by atoms with E-state index < -0.39 is 0 Å². The molecule has 12 heavy (non-hydrogen) atoms. The summed E-state index contributed by atoms with van der Waals surface area (Å²) in [5.41, 5.74) is 8.96. The van der Waals surface area contributed by atoms with Crippen LogP contribution in [-0.2, 0) is 6.42 Å². The SMILES string of the molecule is Cc1cc2c(c(Br)c1N)CCO2. The summed E-state index contributed by atoms with van der Waals surface area (Å²) in [6.45, 7) is 2.76. The maximum absolute atomic E-state index is 5.85. The first-order chi connectivity index (χ1) is 5.70. The zero-order valence-electron chi connectivity index (χ0n) is 6.86. The maximum atomic E-state index is 5.85. The lowest BCUT2D eigenvalue weighted by Gasteiger charge is -2.07. The zero-order valence-corrected chi connectivity index (χ0v) is 8.44. The number of nitrogens with two attached hydrogens (primary N) is 1. The van der Waals surface area contributed by atoms with Crippen LogP contribution in [0.5, 0.6) is 5.75 Å². The van der Waals surface area contributed by atoms with Gasteiger partial charge in [0.25, 0.3) is 0 Å². The molecule has 2 rings (SSSR count). The van der Waals surface area contributed by atoms with E-state index >= 15 is 0 Å². The van der Waals surface area contributed by atoms with Gasteiger partial charge in [-0.3, -0.25) is 0 Å². The third kappa shape index (κ3) is 1.00. The Morgan fingerprint density at radius 3 is 3.08 bits per heavy atom. The summed E-state index contributed by atoms with van der Waals surface area (Å²) in [6.07, 6.45) is 0.959. The molecule has 0 saturated carbocycles. The third-order valence-corrected chi connectivity index (χ3v) is 3.09. The van der Waals surface area contributed by atoms with Crippen molar-refractivity contribution in [2.45, 2.75) is 13.3 Å². The predicted octanol–water partition coefficient (Wildman–Crippen LogP) is 2.27. The van der Waals surface area contributed by atoms with Gasteiger partial charge in [0.05, 0.1) is 6.61 Å². The van der Waals surface area contributed by atoms with Crippen LogP contribution in [0.15, 0.2) is 10.5 Å². The molecule has 1 heterocycles. The molecule has 0 aromatic heterocycles. The third-order valence-electron chi connectivity index (χ3n) is 2.18. The van der Waals surface area contributed by atoms with Crippen molar-refractivity contribution in [3.8, 4) is 5.75 Å². The molecule has 0 bridgehead atoms. The van der Waals surface area contributed by atoms with E-state index in [1.807, 2.05) is 13.0 Å². The monoisotopic (exact) mass is 227 g/mol. The normalized spacial score (nSPS) is 14.2. The van der Waals surface area contributed by atoms with Gasteiger partial charge in [0.1, 0.15) is 5.75 Å². The molecule has 0 unspecified atom stereocenters. The van der Waals surface area contributed by atoms with Crippen LogP contribution in [0.3, 0.4) is 0 Å². The van der Waals surface area contributed by atoms with E-state index in [0.29, 0.717) is 0 Å². The van der Waals surface area contributed by atoms with Gasteiger partial charge in [-0.2, -0.15) is 0 Å². The highest BCUT2D eigenvalue weighted by atomic mass is 79.9. The van der Waals surface area contributed by atoms with Crippen LogP contribution in [0, 0.1) is 6.92 Å². The summed E-state index contributed by atoms with van der Waals surface area (Å²) in [5, 5.41) is 0. The zero-order chi connectivity index (χ0) is 8.72. The molecule has 1 aliphatic rings. The number of hydrogen-bond acceptors (Lipinski definition) is 2. The van der Waals surface area contributed by atoms with Gasteiger partial charge in [0.15, 0.2) is 0 Å². The van der Waals surface area contributed by atoms with Crippen LogP contribution >= 0.6 is 15.9 Å². The fraction of sp³-hybridized carbons (Fsp3) is 0.333. The molecule has 0 fully saturated rings. The number of anilines is 1. The Morgan fingerprint density at radius 2 is 2.33 bits per heavy atom. The van der Waals surface area contributed by atoms with Crippen LogP contribution in [0.4, 0.5) is 5.69 Å². The minimum absolute atomic E-state index is 0.775. The van der Waals surface area contributed by atoms with E-state index in [4.69, 9.17) is 10.5 Å². The molecular weight excluding hydrogens is 218 g/mol. The molecule has 0 saturated heterocycles. The molecule has 0 amide bonds. The first-order valence-electron chi connectivity index (χ1n) is 3.90. The van der Waals surface area contributed by atoms with E-state index in [9.17, 15) is 0 Å². The Morgan fingerprint density at radius 1 is 1.58 bits per heavy atom. The van der Waals surface area contributed by atoms with Crippen molar-refractivity contribution in [3.63, 3.8) is 0 Å². The number of aryl methyl sites for hydroxylation is 1. The highest BCUT2D eigenvalue weighted by Gasteiger charge is 2.18. The van der Waals surface area contributed by atoms with E-state index in [1.165, 1.54) is 5.56 Å². The molecule has 64 valence electrons. The van der Waals surface area contributed by atoms with E-state index in [-0.39, 0.29) is 0 Å². The fourth-order valence-corrected chi connectivity index (χ4v) is 2.14. The second kappa shape index (κ2) is 2.66. The van der Waals surface area contributed by atoms with Gasteiger partial charge >= 0.3 is 0 Å². The van der Waals surface area contributed by atoms with Gasteiger partial charge in [0.2, 0.25) is 0 Å². The molecule has 0 spiro atoms. The number of benzene rings is 1. The van der Waals surface area contributed by atoms with Gasteiger partial charge in [0, 0.05) is 22.1 Å². The molecule has 0 aliphatic carbocycles. The number of halogens is 1. The van der Waals surface area contributed by atoms with Gasteiger partial charge in [-0.25, -0.2) is 0 Å². The van der Waals surface area contributed by atoms with Crippen molar-refractivity contribution in [1.82, 2.24) is 0 Å². The number of ether oxygens (including phenoxy) is 1. The molecule has 2 N–H and O–H groups in total. The smallest absolute Gasteiger partial charge is 0.124 e. The largest absolute Gasteiger partial charge is 0.493 e. The van der Waals surface area contributed by atoms with Crippen molar-refractivity contribution in [2.75, 3.05) is 12.3 Å². The molecule has 1 aliphatic heterocycles. The summed E-state index contributed by atoms with van der Waals surface area (Å²) in [7, 11) is 0. The molecule has 1 aromatic carbocycles. The second-order valence-electron chi connectivity index (χ2n) is 3.00. The van der Waals surface area contributed by atoms with E-state index in [1.54, 1.807) is 0 Å². The number of nitrogen functional groups attached to an aromatic ring is 1. The topological polar surface area (TPSA) is 35.2 Å². The Hall–Kier alpha value is -0.700. The Kier molecular flexibility index (Phi) is 1.76. The summed E-state index contributed by atoms with van der Waals surface area (Å²) < 4.78 is 6.44. The predicted molar refractivity (Wildman–Crippen MR) is 52.5 cm³/mol. The summed E-state index contributed by atoms with van der Waals surface area (Å²) >= 11 is 3.48. The fourth-order valence-electron chi connectivity index (χ4n) is 1.43. The Balaban J connectivity index is 2.67. The Labute approximate surface area is 79.8 Å². The minimum Gasteiger partial charge on any atom is -0.493 e. The lowest BCUT2D eigenvalue weighted by Crippen LogP contribution is -1.93. The van der Waals surface area contributed by atoms with Gasteiger partial charge in [-0.15, -0.1) is 0 Å². The van der Waals surface area contributed by atoms with Gasteiger partial charge < -0.3 is 10.5 Å². The van der Waals surface area contributed by atoms with Crippen molar-refractivity contribution >= 4 is 21.6 Å². The maximum Gasteiger partial charge on any atom is 0.124 e. The van der Waals surface area contributed by atoms with Crippen molar-refractivity contribution in [1.29, 1.82) is 0 Å². The van der Waals surface area contributed by atoms with E-state index in [0.717, 1.165) is 34.5 Å². The quantitative estimate of drug-likeness (QED) is 0.691. The number of fused-ring (bicyclic) bond motifs is 1. The van der Waals surface area contributed by atoms with Crippen LogP contribution < -0.4 is 10.5 Å². The van der Waals surface area contributed by atoms with Crippen LogP contribution in [0.1, 0.15) is 11.1 Å². The molecular formula is C9H10BrNO. The highest BCUT2D eigenvalue weighted by molar-refractivity contribution is 9.10. The molecule has 2 nitrogen and oxygen atoms in total. The highest BCUT2D eigenvalue weighted by Crippen LogP contribution is 2.37. The van der Waals surface area contributed by atoms with Crippen molar-refractivity contribution < 1.29 is 4.74 Å². The average molecular weight is 228 g/mol. The molecule has 0 radical (unpaired) electrons. The van der Waals surface area contributed by atoms with Crippen LogP contribution in [0.25, 0.3) is 0 Å². The number of rotatable bonds is 0. The standard InChI is InChI=1S/C9H10BrNO/c1-5-4-7-6(2-3-12-7)8(10)9(5)11/h4H,2-3,11H2,1H3. The first-order valence-corrected chi connectivity index (χ1v) is 4.69. The van der Waals surface area contributed by atoms with Crippen molar-refractivity contribution in [2.24, 2.45) is 0 Å². The Bertz CT molecular complexity index is 336. The van der Waals surface area contributed by atoms with Crippen LogP contribution in [0.2, 0.25) is 0 Å². The molecule has 1 aromatic rings. The lowest BCUT2D eigenvalue weighted by atomic mass is 10.1. The molecule has 0 atom stereocenters. The van der Waals surface area contributed by atoms with Crippen molar-refractivity contribution in [3.05, 3.63) is 21.7 Å². The lowest BCUT2D eigenvalue weighted by molar-refractivity contribution is 0.356. The average Bonchev–Trinajstić information content (AvgIpc) is 2.48. The second-order valence-corrected chi connectivity index (χ2v) is 3.79. The minimum atomic E-state index is 0.775.